The number of methoxy groups -OCH3 is 1. The van der Waals surface area contributed by atoms with Crippen LogP contribution in [-0.2, 0) is 17.8 Å². The standard InChI is InChI=1S/C21H28FN3O2/c1-3-27-14-6-13-23-21(25-16-18-7-4-5-8-20(18)22)24-15-17-9-11-19(26-2)12-10-17/h4-5,7-12H,3,6,13-16H2,1-2H3,(H2,23,24,25). The number of nitrogens with one attached hydrogen (secondary N) is 2. The molecule has 2 aromatic carbocycles. The van der Waals surface area contributed by atoms with Crippen LogP contribution in [0.4, 0.5) is 4.39 Å². The highest BCUT2D eigenvalue weighted by Crippen LogP contribution is 2.12. The number of ether oxygens (including phenoxy) is 2. The van der Waals surface area contributed by atoms with Crippen molar-refractivity contribution in [3.8, 4) is 5.75 Å². The maximum absolute atomic E-state index is 13.8. The first-order valence-corrected chi connectivity index (χ1v) is 9.19. The molecule has 0 fully saturated rings. The Hall–Kier alpha value is -2.60. The van der Waals surface area contributed by atoms with Crippen LogP contribution in [0.2, 0.25) is 0 Å². The van der Waals surface area contributed by atoms with Crippen LogP contribution >= 0.6 is 0 Å². The molecule has 2 aromatic rings. The van der Waals surface area contributed by atoms with Crippen LogP contribution in [0.5, 0.6) is 5.75 Å². The summed E-state index contributed by atoms with van der Waals surface area (Å²) in [5, 5.41) is 6.47. The van der Waals surface area contributed by atoms with Gasteiger partial charge in [-0.3, -0.25) is 0 Å². The van der Waals surface area contributed by atoms with Crippen molar-refractivity contribution in [2.75, 3.05) is 26.9 Å². The molecular weight excluding hydrogens is 345 g/mol. The van der Waals surface area contributed by atoms with Gasteiger partial charge in [0, 0.05) is 31.9 Å². The molecule has 0 amide bonds. The minimum atomic E-state index is -0.226. The van der Waals surface area contributed by atoms with E-state index < -0.39 is 0 Å². The van der Waals surface area contributed by atoms with Gasteiger partial charge in [0.25, 0.3) is 0 Å². The molecule has 0 atom stereocenters. The molecule has 27 heavy (non-hydrogen) atoms. The first-order chi connectivity index (χ1) is 13.2. The number of halogens is 1. The smallest absolute Gasteiger partial charge is 0.191 e. The van der Waals surface area contributed by atoms with Crippen molar-refractivity contribution in [1.82, 2.24) is 10.6 Å². The zero-order valence-electron chi connectivity index (χ0n) is 16.0. The molecule has 0 saturated carbocycles. The Morgan fingerprint density at radius 1 is 1.07 bits per heavy atom. The maximum Gasteiger partial charge on any atom is 0.191 e. The monoisotopic (exact) mass is 373 g/mol. The van der Waals surface area contributed by atoms with Gasteiger partial charge in [0.05, 0.1) is 13.7 Å². The Morgan fingerprint density at radius 2 is 1.85 bits per heavy atom. The van der Waals surface area contributed by atoms with Crippen LogP contribution in [0.25, 0.3) is 0 Å². The average molecular weight is 373 g/mol. The highest BCUT2D eigenvalue weighted by Gasteiger charge is 2.03. The normalized spacial score (nSPS) is 11.3. The predicted molar refractivity (Wildman–Crippen MR) is 106 cm³/mol. The van der Waals surface area contributed by atoms with Crippen LogP contribution in [0.3, 0.4) is 0 Å². The summed E-state index contributed by atoms with van der Waals surface area (Å²) in [5.74, 6) is 1.23. The van der Waals surface area contributed by atoms with Crippen molar-refractivity contribution < 1.29 is 13.9 Å². The summed E-state index contributed by atoms with van der Waals surface area (Å²) < 4.78 is 24.3. The molecule has 5 nitrogen and oxygen atoms in total. The van der Waals surface area contributed by atoms with E-state index in [1.165, 1.54) is 6.07 Å². The van der Waals surface area contributed by atoms with Crippen LogP contribution in [-0.4, -0.2) is 32.8 Å². The van der Waals surface area contributed by atoms with E-state index in [0.717, 1.165) is 24.3 Å². The van der Waals surface area contributed by atoms with E-state index in [2.05, 4.69) is 15.6 Å². The molecule has 0 aliphatic heterocycles. The van der Waals surface area contributed by atoms with E-state index in [1.807, 2.05) is 37.3 Å². The highest BCUT2D eigenvalue weighted by molar-refractivity contribution is 5.79. The molecule has 0 saturated heterocycles. The third kappa shape index (κ3) is 7.66. The van der Waals surface area contributed by atoms with Gasteiger partial charge >= 0.3 is 0 Å². The van der Waals surface area contributed by atoms with Crippen molar-refractivity contribution in [3.63, 3.8) is 0 Å². The first-order valence-electron chi connectivity index (χ1n) is 9.19. The molecule has 0 bridgehead atoms. The van der Waals surface area contributed by atoms with Gasteiger partial charge in [-0.15, -0.1) is 0 Å². The molecule has 6 heteroatoms. The van der Waals surface area contributed by atoms with Crippen LogP contribution in [0.15, 0.2) is 53.5 Å². The second kappa shape index (κ2) is 11.9. The van der Waals surface area contributed by atoms with Gasteiger partial charge in [-0.1, -0.05) is 30.3 Å². The van der Waals surface area contributed by atoms with Gasteiger partial charge in [-0.2, -0.15) is 0 Å². The quantitative estimate of drug-likeness (QED) is 0.380. The topological polar surface area (TPSA) is 54.9 Å². The summed E-state index contributed by atoms with van der Waals surface area (Å²) in [6.07, 6.45) is 0.872. The maximum atomic E-state index is 13.8. The zero-order valence-corrected chi connectivity index (χ0v) is 16.0. The summed E-state index contributed by atoms with van der Waals surface area (Å²) in [6, 6.07) is 14.5. The summed E-state index contributed by atoms with van der Waals surface area (Å²) >= 11 is 0. The van der Waals surface area contributed by atoms with Crippen molar-refractivity contribution in [3.05, 3.63) is 65.5 Å². The first kappa shape index (κ1) is 20.7. The van der Waals surface area contributed by atoms with Gasteiger partial charge in [0.1, 0.15) is 11.6 Å². The van der Waals surface area contributed by atoms with E-state index in [-0.39, 0.29) is 5.82 Å². The number of aliphatic imine (C=N–C) groups is 1. The molecule has 0 aliphatic rings. The SMILES string of the molecule is CCOCCCNC(=NCc1ccc(OC)cc1)NCc1ccccc1F. The molecule has 146 valence electrons. The summed E-state index contributed by atoms with van der Waals surface area (Å²) in [6.45, 7) is 5.00. The van der Waals surface area contributed by atoms with Crippen molar-refractivity contribution in [2.45, 2.75) is 26.4 Å². The van der Waals surface area contributed by atoms with Crippen LogP contribution in [0, 0.1) is 5.82 Å². The Kier molecular flexibility index (Phi) is 9.13. The second-order valence-electron chi connectivity index (χ2n) is 5.94. The molecule has 2 N–H and O–H groups in total. The van der Waals surface area contributed by atoms with E-state index >= 15 is 0 Å². The molecular formula is C21H28FN3O2. The van der Waals surface area contributed by atoms with Gasteiger partial charge in [-0.25, -0.2) is 9.38 Å². The molecule has 0 aromatic heterocycles. The number of guanidine groups is 1. The third-order valence-corrected chi connectivity index (χ3v) is 3.94. The Morgan fingerprint density at radius 3 is 2.56 bits per heavy atom. The lowest BCUT2D eigenvalue weighted by Crippen LogP contribution is -2.38. The fraction of sp³-hybridized carbons (Fsp3) is 0.381. The fourth-order valence-electron chi connectivity index (χ4n) is 2.42. The molecule has 0 radical (unpaired) electrons. The molecule has 0 unspecified atom stereocenters. The lowest BCUT2D eigenvalue weighted by molar-refractivity contribution is 0.145. The zero-order chi connectivity index (χ0) is 19.3. The van der Waals surface area contributed by atoms with Crippen molar-refractivity contribution in [1.29, 1.82) is 0 Å². The van der Waals surface area contributed by atoms with E-state index in [1.54, 1.807) is 19.2 Å². The van der Waals surface area contributed by atoms with Gasteiger partial charge in [0.2, 0.25) is 0 Å². The molecule has 0 spiro atoms. The van der Waals surface area contributed by atoms with Gasteiger partial charge in [-0.05, 0) is 37.1 Å². The Balaban J connectivity index is 1.95. The lowest BCUT2D eigenvalue weighted by atomic mass is 10.2. The Labute approximate surface area is 160 Å². The fourth-order valence-corrected chi connectivity index (χ4v) is 2.42. The van der Waals surface area contributed by atoms with Crippen LogP contribution < -0.4 is 15.4 Å². The molecule has 0 aliphatic carbocycles. The van der Waals surface area contributed by atoms with Crippen LogP contribution in [0.1, 0.15) is 24.5 Å². The van der Waals surface area contributed by atoms with E-state index in [4.69, 9.17) is 9.47 Å². The Bertz CT molecular complexity index is 705. The minimum Gasteiger partial charge on any atom is -0.497 e. The number of benzene rings is 2. The average Bonchev–Trinajstić information content (AvgIpc) is 2.70. The third-order valence-electron chi connectivity index (χ3n) is 3.94. The number of hydrogen-bond donors (Lipinski definition) is 2. The highest BCUT2D eigenvalue weighted by atomic mass is 19.1. The number of nitrogens with zero attached hydrogens (tertiary/aromatic N) is 1. The van der Waals surface area contributed by atoms with Crippen molar-refractivity contribution >= 4 is 5.96 Å². The van der Waals surface area contributed by atoms with E-state index in [9.17, 15) is 4.39 Å². The van der Waals surface area contributed by atoms with E-state index in [0.29, 0.717) is 37.8 Å². The largest absolute Gasteiger partial charge is 0.497 e. The molecule has 0 heterocycles. The lowest BCUT2D eigenvalue weighted by Gasteiger charge is -2.13. The predicted octanol–water partition coefficient (Wildman–Crippen LogP) is 3.50. The van der Waals surface area contributed by atoms with Gasteiger partial charge in [0.15, 0.2) is 5.96 Å². The summed E-state index contributed by atoms with van der Waals surface area (Å²) in [4.78, 5) is 4.60. The molecule has 2 rings (SSSR count). The number of hydrogen-bond acceptors (Lipinski definition) is 3. The summed E-state index contributed by atoms with van der Waals surface area (Å²) in [7, 11) is 1.64. The van der Waals surface area contributed by atoms with Gasteiger partial charge < -0.3 is 20.1 Å². The van der Waals surface area contributed by atoms with Crippen molar-refractivity contribution in [2.24, 2.45) is 4.99 Å². The second-order valence-corrected chi connectivity index (χ2v) is 5.94. The number of rotatable bonds is 10. The summed E-state index contributed by atoms with van der Waals surface area (Å²) in [5.41, 5.74) is 1.67. The minimum absolute atomic E-state index is 0.226.